The summed E-state index contributed by atoms with van der Waals surface area (Å²) in [5, 5.41) is 13.0. The van der Waals surface area contributed by atoms with Crippen molar-refractivity contribution in [2.75, 3.05) is 20.3 Å². The smallest absolute Gasteiger partial charge is 0.123 e. The zero-order chi connectivity index (χ0) is 15.8. The van der Waals surface area contributed by atoms with Crippen LogP contribution in [0.3, 0.4) is 0 Å². The van der Waals surface area contributed by atoms with Crippen molar-refractivity contribution in [1.29, 1.82) is 0 Å². The molecule has 0 amide bonds. The third-order valence-corrected chi connectivity index (χ3v) is 3.10. The Hall–Kier alpha value is -2.11. The molecule has 0 saturated carbocycles. The molecule has 0 fully saturated rings. The van der Waals surface area contributed by atoms with E-state index in [1.54, 1.807) is 7.11 Å². The van der Waals surface area contributed by atoms with Crippen LogP contribution in [0.25, 0.3) is 0 Å². The number of hydrogen-bond donors (Lipinski definition) is 2. The van der Waals surface area contributed by atoms with Gasteiger partial charge in [-0.2, -0.15) is 0 Å². The molecule has 1 atom stereocenters. The fourth-order valence-corrected chi connectivity index (χ4v) is 1.95. The van der Waals surface area contributed by atoms with Crippen LogP contribution in [-0.2, 0) is 6.54 Å². The lowest BCUT2D eigenvalue weighted by atomic mass is 10.2. The Bertz CT molecular complexity index is 574. The Morgan fingerprint density at radius 3 is 2.64 bits per heavy atom. The van der Waals surface area contributed by atoms with Crippen molar-refractivity contribution >= 4 is 0 Å². The molecular formula is C17H20FNO3. The first-order chi connectivity index (χ1) is 10.7. The van der Waals surface area contributed by atoms with E-state index in [-0.39, 0.29) is 12.4 Å². The molecule has 2 aromatic carbocycles. The maximum Gasteiger partial charge on any atom is 0.123 e. The summed E-state index contributed by atoms with van der Waals surface area (Å²) in [6.07, 6.45) is -0.643. The molecular weight excluding hydrogens is 285 g/mol. The van der Waals surface area contributed by atoms with E-state index in [1.165, 1.54) is 24.3 Å². The van der Waals surface area contributed by atoms with Gasteiger partial charge in [-0.1, -0.05) is 12.1 Å². The second-order valence-corrected chi connectivity index (χ2v) is 4.90. The second kappa shape index (κ2) is 8.36. The van der Waals surface area contributed by atoms with Crippen molar-refractivity contribution < 1.29 is 19.0 Å². The Labute approximate surface area is 129 Å². The van der Waals surface area contributed by atoms with E-state index in [2.05, 4.69) is 5.32 Å². The second-order valence-electron chi connectivity index (χ2n) is 4.90. The molecule has 2 aromatic rings. The van der Waals surface area contributed by atoms with Crippen molar-refractivity contribution in [2.45, 2.75) is 12.6 Å². The summed E-state index contributed by atoms with van der Waals surface area (Å²) in [7, 11) is 1.63. The van der Waals surface area contributed by atoms with E-state index in [0.29, 0.717) is 18.8 Å². The van der Waals surface area contributed by atoms with Crippen molar-refractivity contribution in [3.63, 3.8) is 0 Å². The number of halogens is 1. The van der Waals surface area contributed by atoms with Crippen molar-refractivity contribution in [3.8, 4) is 11.5 Å². The Balaban J connectivity index is 1.69. The number of ether oxygens (including phenoxy) is 2. The SMILES string of the molecule is COc1cccc(CNCC(O)COc2ccc(F)cc2)c1. The van der Waals surface area contributed by atoms with Crippen LogP contribution in [0.5, 0.6) is 11.5 Å². The molecule has 22 heavy (non-hydrogen) atoms. The molecule has 0 bridgehead atoms. The van der Waals surface area contributed by atoms with Gasteiger partial charge < -0.3 is 19.9 Å². The van der Waals surface area contributed by atoms with Crippen LogP contribution in [0.2, 0.25) is 0 Å². The number of aliphatic hydroxyl groups is 1. The Morgan fingerprint density at radius 1 is 1.14 bits per heavy atom. The van der Waals surface area contributed by atoms with Crippen LogP contribution in [0.1, 0.15) is 5.56 Å². The van der Waals surface area contributed by atoms with Crippen LogP contribution in [0.4, 0.5) is 4.39 Å². The number of methoxy groups -OCH3 is 1. The average molecular weight is 305 g/mol. The lowest BCUT2D eigenvalue weighted by Gasteiger charge is -2.13. The summed E-state index contributed by atoms with van der Waals surface area (Å²) >= 11 is 0. The van der Waals surface area contributed by atoms with Gasteiger partial charge >= 0.3 is 0 Å². The number of hydrogen-bond acceptors (Lipinski definition) is 4. The molecule has 2 N–H and O–H groups in total. The largest absolute Gasteiger partial charge is 0.497 e. The zero-order valence-electron chi connectivity index (χ0n) is 12.5. The van der Waals surface area contributed by atoms with E-state index >= 15 is 0 Å². The molecule has 1 unspecified atom stereocenters. The summed E-state index contributed by atoms with van der Waals surface area (Å²) in [4.78, 5) is 0. The molecule has 0 aliphatic rings. The number of aliphatic hydroxyl groups excluding tert-OH is 1. The van der Waals surface area contributed by atoms with Gasteiger partial charge in [-0.05, 0) is 42.0 Å². The van der Waals surface area contributed by atoms with Crippen molar-refractivity contribution in [3.05, 3.63) is 59.9 Å². The summed E-state index contributed by atoms with van der Waals surface area (Å²) in [5.41, 5.74) is 1.08. The number of nitrogens with one attached hydrogen (secondary N) is 1. The van der Waals surface area contributed by atoms with E-state index in [1.807, 2.05) is 24.3 Å². The van der Waals surface area contributed by atoms with Gasteiger partial charge in [0, 0.05) is 13.1 Å². The normalized spacial score (nSPS) is 12.0. The molecule has 0 spiro atoms. The summed E-state index contributed by atoms with van der Waals surface area (Å²) in [5.74, 6) is 1.03. The minimum atomic E-state index is -0.643. The molecule has 0 saturated heterocycles. The van der Waals surface area contributed by atoms with Crippen LogP contribution in [0.15, 0.2) is 48.5 Å². The lowest BCUT2D eigenvalue weighted by Crippen LogP contribution is -2.31. The Morgan fingerprint density at radius 2 is 1.91 bits per heavy atom. The van der Waals surface area contributed by atoms with Gasteiger partial charge in [-0.25, -0.2) is 4.39 Å². The molecule has 118 valence electrons. The fraction of sp³-hybridized carbons (Fsp3) is 0.294. The first-order valence-electron chi connectivity index (χ1n) is 7.07. The molecule has 0 radical (unpaired) electrons. The molecule has 0 aromatic heterocycles. The topological polar surface area (TPSA) is 50.7 Å². The molecule has 5 heteroatoms. The van der Waals surface area contributed by atoms with Gasteiger partial charge in [0.25, 0.3) is 0 Å². The highest BCUT2D eigenvalue weighted by atomic mass is 19.1. The highest BCUT2D eigenvalue weighted by Gasteiger charge is 2.05. The molecule has 0 aliphatic heterocycles. The van der Waals surface area contributed by atoms with E-state index in [4.69, 9.17) is 9.47 Å². The predicted octanol–water partition coefficient (Wildman–Crippen LogP) is 2.36. The van der Waals surface area contributed by atoms with Crippen LogP contribution in [-0.4, -0.2) is 31.5 Å². The van der Waals surface area contributed by atoms with Gasteiger partial charge in [0.15, 0.2) is 0 Å². The first kappa shape index (κ1) is 16.3. The maximum atomic E-state index is 12.7. The van der Waals surface area contributed by atoms with E-state index < -0.39 is 6.10 Å². The predicted molar refractivity (Wildman–Crippen MR) is 82.6 cm³/mol. The average Bonchev–Trinajstić information content (AvgIpc) is 2.54. The Kier molecular flexibility index (Phi) is 6.18. The number of benzene rings is 2. The minimum absolute atomic E-state index is 0.150. The van der Waals surface area contributed by atoms with E-state index in [0.717, 1.165) is 11.3 Å². The van der Waals surface area contributed by atoms with Crippen LogP contribution >= 0.6 is 0 Å². The van der Waals surface area contributed by atoms with Gasteiger partial charge in [0.2, 0.25) is 0 Å². The first-order valence-corrected chi connectivity index (χ1v) is 7.07. The van der Waals surface area contributed by atoms with Crippen molar-refractivity contribution in [1.82, 2.24) is 5.32 Å². The molecule has 0 heterocycles. The van der Waals surface area contributed by atoms with Crippen LogP contribution in [0, 0.1) is 5.82 Å². The molecule has 0 aliphatic carbocycles. The van der Waals surface area contributed by atoms with Gasteiger partial charge in [-0.3, -0.25) is 0 Å². The third-order valence-electron chi connectivity index (χ3n) is 3.10. The van der Waals surface area contributed by atoms with Crippen molar-refractivity contribution in [2.24, 2.45) is 0 Å². The van der Waals surface area contributed by atoms with E-state index in [9.17, 15) is 9.50 Å². The van der Waals surface area contributed by atoms with Crippen LogP contribution < -0.4 is 14.8 Å². The summed E-state index contributed by atoms with van der Waals surface area (Å²) in [6.45, 7) is 1.18. The number of rotatable bonds is 8. The lowest BCUT2D eigenvalue weighted by molar-refractivity contribution is 0.106. The fourth-order valence-electron chi connectivity index (χ4n) is 1.95. The zero-order valence-corrected chi connectivity index (χ0v) is 12.5. The molecule has 4 nitrogen and oxygen atoms in total. The monoisotopic (exact) mass is 305 g/mol. The quantitative estimate of drug-likeness (QED) is 0.786. The van der Waals surface area contributed by atoms with Gasteiger partial charge in [-0.15, -0.1) is 0 Å². The summed E-state index contributed by atoms with van der Waals surface area (Å²) < 4.78 is 23.3. The summed E-state index contributed by atoms with van der Waals surface area (Å²) in [6, 6.07) is 13.4. The molecule has 2 rings (SSSR count). The highest BCUT2D eigenvalue weighted by Crippen LogP contribution is 2.12. The third kappa shape index (κ3) is 5.35. The van der Waals surface area contributed by atoms with Gasteiger partial charge in [0.1, 0.15) is 30.0 Å². The standard InChI is InChI=1S/C17H20FNO3/c1-21-17-4-2-3-13(9-17)10-19-11-15(20)12-22-16-7-5-14(18)6-8-16/h2-9,15,19-20H,10-12H2,1H3. The highest BCUT2D eigenvalue weighted by molar-refractivity contribution is 5.28. The van der Waals surface area contributed by atoms with Gasteiger partial charge in [0.05, 0.1) is 7.11 Å². The minimum Gasteiger partial charge on any atom is -0.497 e. The maximum absolute atomic E-state index is 12.7.